The van der Waals surface area contributed by atoms with Gasteiger partial charge < -0.3 is 10.6 Å². The Hall–Kier alpha value is -0.810. The highest BCUT2D eigenvalue weighted by Gasteiger charge is 2.07. The molecule has 0 atom stereocenters. The van der Waals surface area contributed by atoms with E-state index in [0.717, 1.165) is 5.00 Å². The zero-order valence-electron chi connectivity index (χ0n) is 6.64. The molecule has 0 spiro atoms. The molecular formula is C6H8ClN3OS. The van der Waals surface area contributed by atoms with Crippen LogP contribution in [0.2, 0.25) is 5.15 Å². The van der Waals surface area contributed by atoms with Gasteiger partial charge >= 0.3 is 0 Å². The summed E-state index contributed by atoms with van der Waals surface area (Å²) < 4.78 is 0. The molecule has 0 aliphatic heterocycles. The van der Waals surface area contributed by atoms with Crippen LogP contribution in [-0.4, -0.2) is 17.9 Å². The maximum Gasteiger partial charge on any atom is 0.223 e. The summed E-state index contributed by atoms with van der Waals surface area (Å²) in [5.74, 6) is -0.150. The van der Waals surface area contributed by atoms with E-state index in [-0.39, 0.29) is 5.91 Å². The highest BCUT2D eigenvalue weighted by Crippen LogP contribution is 2.31. The maximum atomic E-state index is 10.6. The average molecular weight is 206 g/mol. The first-order valence-electron chi connectivity index (χ1n) is 3.25. The minimum atomic E-state index is -0.150. The third-order valence-electron chi connectivity index (χ3n) is 1.10. The lowest BCUT2D eigenvalue weighted by Gasteiger charge is -1.92. The van der Waals surface area contributed by atoms with Crippen LogP contribution in [0.4, 0.5) is 10.1 Å². The van der Waals surface area contributed by atoms with E-state index in [9.17, 15) is 4.79 Å². The topological polar surface area (TPSA) is 54.0 Å². The van der Waals surface area contributed by atoms with Crippen LogP contribution in [0.5, 0.6) is 0 Å². The largest absolute Gasteiger partial charge is 0.377 e. The lowest BCUT2D eigenvalue weighted by atomic mass is 10.7. The van der Waals surface area contributed by atoms with Crippen LogP contribution in [0.25, 0.3) is 0 Å². The molecule has 0 aliphatic carbocycles. The van der Waals surface area contributed by atoms with Gasteiger partial charge in [0.25, 0.3) is 0 Å². The summed E-state index contributed by atoms with van der Waals surface area (Å²) in [6, 6.07) is 0. The summed E-state index contributed by atoms with van der Waals surface area (Å²) in [5, 5.41) is 7.05. The highest BCUT2D eigenvalue weighted by atomic mass is 35.5. The van der Waals surface area contributed by atoms with E-state index in [1.54, 1.807) is 7.05 Å². The molecule has 4 nitrogen and oxygen atoms in total. The molecule has 66 valence electrons. The average Bonchev–Trinajstić information content (AvgIpc) is 2.29. The number of carbonyl (C=O) groups is 1. The van der Waals surface area contributed by atoms with Gasteiger partial charge in [-0.3, -0.25) is 4.79 Å². The number of amides is 1. The van der Waals surface area contributed by atoms with Crippen molar-refractivity contribution in [2.45, 2.75) is 6.92 Å². The minimum absolute atomic E-state index is 0.150. The van der Waals surface area contributed by atoms with Gasteiger partial charge in [0, 0.05) is 14.0 Å². The van der Waals surface area contributed by atoms with E-state index in [2.05, 4.69) is 15.6 Å². The quantitative estimate of drug-likeness (QED) is 0.774. The third-order valence-corrected chi connectivity index (χ3v) is 2.47. The maximum absolute atomic E-state index is 10.6. The lowest BCUT2D eigenvalue weighted by Crippen LogP contribution is -2.04. The zero-order valence-corrected chi connectivity index (χ0v) is 8.21. The summed E-state index contributed by atoms with van der Waals surface area (Å²) in [5.41, 5.74) is 0. The summed E-state index contributed by atoms with van der Waals surface area (Å²) in [4.78, 5) is 14.5. The van der Waals surface area contributed by atoms with Gasteiger partial charge in [-0.15, -0.1) is 0 Å². The van der Waals surface area contributed by atoms with E-state index in [1.165, 1.54) is 18.3 Å². The first-order chi connectivity index (χ1) is 5.63. The van der Waals surface area contributed by atoms with Gasteiger partial charge in [0.2, 0.25) is 5.91 Å². The molecule has 1 rings (SSSR count). The third kappa shape index (κ3) is 2.09. The Bertz CT molecular complexity index is 299. The number of rotatable bonds is 2. The van der Waals surface area contributed by atoms with Gasteiger partial charge in [-0.05, 0) is 0 Å². The van der Waals surface area contributed by atoms with Crippen molar-refractivity contribution < 1.29 is 4.79 Å². The van der Waals surface area contributed by atoms with Crippen molar-refractivity contribution in [3.05, 3.63) is 5.15 Å². The highest BCUT2D eigenvalue weighted by molar-refractivity contribution is 7.20. The zero-order chi connectivity index (χ0) is 9.14. The number of nitrogens with one attached hydrogen (secondary N) is 2. The fourth-order valence-corrected chi connectivity index (χ4v) is 1.76. The van der Waals surface area contributed by atoms with Crippen LogP contribution in [0.1, 0.15) is 6.92 Å². The summed E-state index contributed by atoms with van der Waals surface area (Å²) in [6.07, 6.45) is 0. The molecule has 1 amide bonds. The standard InChI is InChI=1S/C6H8ClN3OS/c1-3(11)9-6-10-4(7)5(8-2)12-6/h8H,1-2H3,(H,9,10,11). The summed E-state index contributed by atoms with van der Waals surface area (Å²) in [6.45, 7) is 1.42. The first-order valence-corrected chi connectivity index (χ1v) is 4.44. The molecular weight excluding hydrogens is 198 g/mol. The fourth-order valence-electron chi connectivity index (χ4n) is 0.660. The minimum Gasteiger partial charge on any atom is -0.377 e. The van der Waals surface area contributed by atoms with Crippen molar-refractivity contribution in [2.24, 2.45) is 0 Å². The van der Waals surface area contributed by atoms with Crippen molar-refractivity contribution in [1.29, 1.82) is 0 Å². The Morgan fingerprint density at radius 1 is 1.67 bits per heavy atom. The Morgan fingerprint density at radius 3 is 2.75 bits per heavy atom. The number of anilines is 2. The number of thiazole rings is 1. The van der Waals surface area contributed by atoms with E-state index in [4.69, 9.17) is 11.6 Å². The van der Waals surface area contributed by atoms with Crippen molar-refractivity contribution in [3.8, 4) is 0 Å². The normalized spacial score (nSPS) is 9.58. The second-order valence-corrected chi connectivity index (χ2v) is 3.43. The lowest BCUT2D eigenvalue weighted by molar-refractivity contribution is -0.114. The van der Waals surface area contributed by atoms with Crippen LogP contribution in [-0.2, 0) is 4.79 Å². The van der Waals surface area contributed by atoms with Crippen molar-refractivity contribution in [2.75, 3.05) is 17.7 Å². The predicted molar refractivity (Wildman–Crippen MR) is 51.0 cm³/mol. The second kappa shape index (κ2) is 3.73. The molecule has 2 N–H and O–H groups in total. The molecule has 1 aromatic rings. The number of halogens is 1. The molecule has 1 heterocycles. The second-order valence-electron chi connectivity index (χ2n) is 2.07. The van der Waals surface area contributed by atoms with E-state index in [1.807, 2.05) is 0 Å². The monoisotopic (exact) mass is 205 g/mol. The van der Waals surface area contributed by atoms with E-state index in [0.29, 0.717) is 10.3 Å². The van der Waals surface area contributed by atoms with Gasteiger partial charge in [0.1, 0.15) is 5.00 Å². The Labute approximate surface area is 79.0 Å². The van der Waals surface area contributed by atoms with Gasteiger partial charge in [-0.25, -0.2) is 4.98 Å². The van der Waals surface area contributed by atoms with Crippen LogP contribution < -0.4 is 10.6 Å². The van der Waals surface area contributed by atoms with Crippen LogP contribution in [0.3, 0.4) is 0 Å². The summed E-state index contributed by atoms with van der Waals surface area (Å²) in [7, 11) is 1.75. The van der Waals surface area contributed by atoms with E-state index >= 15 is 0 Å². The number of nitrogens with zero attached hydrogens (tertiary/aromatic N) is 1. The van der Waals surface area contributed by atoms with Crippen molar-refractivity contribution in [1.82, 2.24) is 4.98 Å². The molecule has 0 unspecified atom stereocenters. The Balaban J connectivity index is 2.82. The van der Waals surface area contributed by atoms with Gasteiger partial charge in [0.05, 0.1) is 0 Å². The summed E-state index contributed by atoms with van der Waals surface area (Å²) >= 11 is 7.02. The smallest absolute Gasteiger partial charge is 0.223 e. The van der Waals surface area contributed by atoms with E-state index < -0.39 is 0 Å². The van der Waals surface area contributed by atoms with Gasteiger partial charge in [-0.1, -0.05) is 22.9 Å². The fraction of sp³-hybridized carbons (Fsp3) is 0.333. The Morgan fingerprint density at radius 2 is 2.33 bits per heavy atom. The number of hydrogen-bond donors (Lipinski definition) is 2. The molecule has 0 radical (unpaired) electrons. The molecule has 0 saturated carbocycles. The van der Waals surface area contributed by atoms with Crippen LogP contribution >= 0.6 is 22.9 Å². The molecule has 0 fully saturated rings. The van der Waals surface area contributed by atoms with Gasteiger partial charge in [-0.2, -0.15) is 0 Å². The molecule has 0 bridgehead atoms. The number of carbonyl (C=O) groups excluding carboxylic acids is 1. The molecule has 12 heavy (non-hydrogen) atoms. The predicted octanol–water partition coefficient (Wildman–Crippen LogP) is 1.80. The molecule has 0 aromatic carbocycles. The number of hydrogen-bond acceptors (Lipinski definition) is 4. The first kappa shape index (κ1) is 9.28. The number of aromatic nitrogens is 1. The SMILES string of the molecule is CNc1sc(NC(C)=O)nc1Cl. The van der Waals surface area contributed by atoms with Crippen molar-refractivity contribution in [3.63, 3.8) is 0 Å². The Kier molecular flexibility index (Phi) is 2.88. The van der Waals surface area contributed by atoms with Gasteiger partial charge in [0.15, 0.2) is 10.3 Å². The molecule has 0 aliphatic rings. The molecule has 0 saturated heterocycles. The van der Waals surface area contributed by atoms with Crippen molar-refractivity contribution >= 4 is 39.0 Å². The van der Waals surface area contributed by atoms with Crippen LogP contribution in [0, 0.1) is 0 Å². The molecule has 6 heteroatoms. The molecule has 1 aromatic heterocycles. The van der Waals surface area contributed by atoms with Crippen LogP contribution in [0.15, 0.2) is 0 Å².